The molecule has 240 valence electrons. The van der Waals surface area contributed by atoms with Crippen LogP contribution in [0.2, 0.25) is 0 Å². The van der Waals surface area contributed by atoms with E-state index in [1.807, 2.05) is 0 Å². The Kier molecular flexibility index (Phi) is 7.72. The zero-order chi connectivity index (χ0) is 31.7. The average molecular weight is 637 g/mol. The van der Waals surface area contributed by atoms with Gasteiger partial charge >= 0.3 is 0 Å². The van der Waals surface area contributed by atoms with Crippen molar-refractivity contribution >= 4 is 23.2 Å². The van der Waals surface area contributed by atoms with Crippen molar-refractivity contribution in [2.24, 2.45) is 5.92 Å². The van der Waals surface area contributed by atoms with Crippen molar-refractivity contribution in [3.05, 3.63) is 29.8 Å². The first-order valence-corrected chi connectivity index (χ1v) is 16.3. The number of hydrogen-bond acceptors (Lipinski definition) is 7. The number of rotatable bonds is 6. The van der Waals surface area contributed by atoms with Gasteiger partial charge < -0.3 is 19.5 Å². The fourth-order valence-electron chi connectivity index (χ4n) is 7.09. The lowest BCUT2D eigenvalue weighted by atomic mass is 9.70. The molecule has 2 aromatic rings. The van der Waals surface area contributed by atoms with Crippen LogP contribution in [0.4, 0.5) is 13.2 Å². The standard InChI is InChI=1S/C30H39F3N6O4S/c1-27(2,3)44(42)39-17-30(32,33)29(39)8-5-19(6-9-29)35-25(40)18-7-12-38(28(15-18)10-11-28)26(41)23-14-22(36-37-23)20-13-24(43-4)34-16-21(20)31/h13-14,16,18-19H,5-12,15,17H2,1-4H3,(H,35,40)(H,36,37)/t18-,19?,29?,44?/m0/s1. The van der Waals surface area contributed by atoms with Crippen molar-refractivity contribution in [1.82, 2.24) is 29.7 Å². The summed E-state index contributed by atoms with van der Waals surface area (Å²) < 4.78 is 63.1. The minimum atomic E-state index is -2.91. The van der Waals surface area contributed by atoms with Gasteiger partial charge in [-0.2, -0.15) is 5.10 Å². The van der Waals surface area contributed by atoms with E-state index in [2.05, 4.69) is 20.5 Å². The Balaban J connectivity index is 1.06. The summed E-state index contributed by atoms with van der Waals surface area (Å²) in [6.45, 7) is 5.25. The molecule has 2 saturated heterocycles. The van der Waals surface area contributed by atoms with Crippen molar-refractivity contribution in [2.45, 2.75) is 99.9 Å². The second kappa shape index (κ2) is 10.9. The number of hydrogen-bond donors (Lipinski definition) is 2. The van der Waals surface area contributed by atoms with Crippen LogP contribution in [0.3, 0.4) is 0 Å². The van der Waals surface area contributed by atoms with E-state index >= 15 is 0 Å². The fraction of sp³-hybridized carbons (Fsp3) is 0.667. The van der Waals surface area contributed by atoms with Crippen LogP contribution >= 0.6 is 0 Å². The molecule has 4 heterocycles. The zero-order valence-corrected chi connectivity index (χ0v) is 26.2. The SMILES string of the molecule is COc1cc(-c2cc(C(=O)N3CC[C@H](C(=O)NC4CCC5(CC4)N([S+]([O-])C(C)(C)C)CC5(F)F)CC34CC4)n[nH]2)c(F)cn1. The smallest absolute Gasteiger partial charge is 0.287 e. The number of likely N-dealkylation sites (tertiary alicyclic amines) is 1. The van der Waals surface area contributed by atoms with Crippen molar-refractivity contribution in [1.29, 1.82) is 0 Å². The molecule has 2 amide bonds. The maximum absolute atomic E-state index is 14.9. The quantitative estimate of drug-likeness (QED) is 0.455. The molecule has 1 unspecified atom stereocenters. The molecule has 2 atom stereocenters. The first-order valence-electron chi connectivity index (χ1n) is 15.1. The molecule has 2 N–H and O–H groups in total. The minimum absolute atomic E-state index is 0.107. The molecule has 4 fully saturated rings. The van der Waals surface area contributed by atoms with Crippen molar-refractivity contribution < 1.29 is 32.0 Å². The number of aromatic nitrogens is 3. The largest absolute Gasteiger partial charge is 0.597 e. The zero-order valence-electron chi connectivity index (χ0n) is 25.4. The molecule has 4 aliphatic rings. The van der Waals surface area contributed by atoms with Gasteiger partial charge in [-0.3, -0.25) is 14.7 Å². The summed E-state index contributed by atoms with van der Waals surface area (Å²) >= 11 is -1.54. The monoisotopic (exact) mass is 636 g/mol. The molecule has 2 aliphatic carbocycles. The lowest BCUT2D eigenvalue weighted by Crippen LogP contribution is -2.78. The molecule has 44 heavy (non-hydrogen) atoms. The molecule has 2 saturated carbocycles. The van der Waals surface area contributed by atoms with E-state index in [0.29, 0.717) is 37.9 Å². The lowest BCUT2D eigenvalue weighted by molar-refractivity contribution is -0.223. The van der Waals surface area contributed by atoms with Crippen LogP contribution in [0.1, 0.15) is 82.6 Å². The Morgan fingerprint density at radius 2 is 1.86 bits per heavy atom. The van der Waals surface area contributed by atoms with Crippen molar-refractivity contribution in [2.75, 3.05) is 20.2 Å². The van der Waals surface area contributed by atoms with E-state index in [-0.39, 0.29) is 53.8 Å². The second-order valence-electron chi connectivity index (χ2n) is 13.7. The molecule has 0 bridgehead atoms. The lowest BCUT2D eigenvalue weighted by Gasteiger charge is -2.59. The molecule has 2 aliphatic heterocycles. The van der Waals surface area contributed by atoms with E-state index in [4.69, 9.17) is 4.74 Å². The number of nitrogens with zero attached hydrogens (tertiary/aromatic N) is 4. The summed E-state index contributed by atoms with van der Waals surface area (Å²) in [5.74, 6) is -3.93. The summed E-state index contributed by atoms with van der Waals surface area (Å²) in [5.41, 5.74) is -1.17. The Morgan fingerprint density at radius 3 is 2.48 bits per heavy atom. The van der Waals surface area contributed by atoms with Crippen molar-refractivity contribution in [3.63, 3.8) is 0 Å². The molecular weight excluding hydrogens is 597 g/mol. The van der Waals surface area contributed by atoms with Crippen LogP contribution in [0.15, 0.2) is 18.3 Å². The van der Waals surface area contributed by atoms with Gasteiger partial charge in [-0.1, -0.05) is 0 Å². The highest BCUT2D eigenvalue weighted by atomic mass is 32.2. The predicted octanol–water partition coefficient (Wildman–Crippen LogP) is 4.21. The number of amides is 2. The van der Waals surface area contributed by atoms with Gasteiger partial charge in [-0.15, -0.1) is 4.31 Å². The third-order valence-electron chi connectivity index (χ3n) is 9.85. The molecule has 0 aromatic carbocycles. The summed E-state index contributed by atoms with van der Waals surface area (Å²) in [7, 11) is 1.43. The fourth-order valence-corrected chi connectivity index (χ4v) is 8.66. The van der Waals surface area contributed by atoms with Gasteiger partial charge in [0.1, 0.15) is 16.8 Å². The predicted molar refractivity (Wildman–Crippen MR) is 157 cm³/mol. The molecule has 6 rings (SSSR count). The number of piperidine rings is 1. The van der Waals surface area contributed by atoms with Gasteiger partial charge in [0.05, 0.1) is 19.0 Å². The van der Waals surface area contributed by atoms with Gasteiger partial charge in [0.15, 0.2) is 11.5 Å². The molecule has 2 aromatic heterocycles. The summed E-state index contributed by atoms with van der Waals surface area (Å²) in [6, 6.07) is 2.71. The first kappa shape index (κ1) is 31.2. The minimum Gasteiger partial charge on any atom is -0.597 e. The van der Waals surface area contributed by atoms with Gasteiger partial charge in [0, 0.05) is 47.0 Å². The number of carbonyl (C=O) groups is 2. The highest BCUT2D eigenvalue weighted by Crippen LogP contribution is 2.55. The third-order valence-corrected chi connectivity index (χ3v) is 11.8. The van der Waals surface area contributed by atoms with E-state index in [1.165, 1.54) is 23.5 Å². The van der Waals surface area contributed by atoms with E-state index in [1.54, 1.807) is 25.7 Å². The van der Waals surface area contributed by atoms with E-state index < -0.39 is 45.5 Å². The number of H-pyrrole nitrogens is 1. The maximum Gasteiger partial charge on any atom is 0.287 e. The second-order valence-corrected chi connectivity index (χ2v) is 15.8. The van der Waals surface area contributed by atoms with Crippen LogP contribution in [0.5, 0.6) is 5.88 Å². The molecule has 10 nitrogen and oxygen atoms in total. The number of carbonyl (C=O) groups excluding carboxylic acids is 2. The number of methoxy groups -OCH3 is 1. The van der Waals surface area contributed by atoms with Crippen LogP contribution in [-0.4, -0.2) is 88.7 Å². The topological polar surface area (TPSA) is 127 Å². The van der Waals surface area contributed by atoms with Gasteiger partial charge in [-0.05, 0) is 78.2 Å². The van der Waals surface area contributed by atoms with Gasteiger partial charge in [0.2, 0.25) is 11.8 Å². The Labute approximate surface area is 257 Å². The normalized spacial score (nSPS) is 28.4. The van der Waals surface area contributed by atoms with Crippen LogP contribution in [0, 0.1) is 11.7 Å². The number of halogens is 3. The number of pyridine rings is 1. The Bertz CT molecular complexity index is 1440. The molecule has 2 spiro atoms. The van der Waals surface area contributed by atoms with Gasteiger partial charge in [0.25, 0.3) is 11.8 Å². The number of ether oxygens (including phenoxy) is 1. The number of aromatic amines is 1. The number of nitrogens with one attached hydrogen (secondary N) is 2. The Hall–Kier alpha value is -2.84. The van der Waals surface area contributed by atoms with E-state index in [0.717, 1.165) is 19.0 Å². The molecule has 14 heteroatoms. The number of alkyl halides is 2. The third kappa shape index (κ3) is 5.26. The van der Waals surface area contributed by atoms with Crippen LogP contribution in [-0.2, 0) is 16.2 Å². The maximum atomic E-state index is 14.9. The average Bonchev–Trinajstić information content (AvgIpc) is 3.56. The van der Waals surface area contributed by atoms with E-state index in [9.17, 15) is 27.3 Å². The highest BCUT2D eigenvalue weighted by Gasteiger charge is 2.73. The summed E-state index contributed by atoms with van der Waals surface area (Å²) in [4.78, 5) is 32.5. The first-order chi connectivity index (χ1) is 20.7. The Morgan fingerprint density at radius 1 is 1.16 bits per heavy atom. The molecular formula is C30H39F3N6O4S. The molecule has 0 radical (unpaired) electrons. The van der Waals surface area contributed by atoms with Crippen LogP contribution < -0.4 is 10.1 Å². The van der Waals surface area contributed by atoms with Crippen molar-refractivity contribution in [3.8, 4) is 17.1 Å². The summed E-state index contributed by atoms with van der Waals surface area (Å²) in [5, 5.41) is 9.99. The van der Waals surface area contributed by atoms with Crippen LogP contribution in [0.25, 0.3) is 11.3 Å². The summed E-state index contributed by atoms with van der Waals surface area (Å²) in [6.07, 6.45) is 4.72. The van der Waals surface area contributed by atoms with Gasteiger partial charge in [-0.25, -0.2) is 18.2 Å². The highest BCUT2D eigenvalue weighted by molar-refractivity contribution is 7.90.